The van der Waals surface area contributed by atoms with E-state index in [0.717, 1.165) is 4.73 Å². The molecule has 0 bridgehead atoms. The Morgan fingerprint density at radius 1 is 1.53 bits per heavy atom. The molecule has 1 heterocycles. The normalized spacial score (nSPS) is 10.2. The number of nitrogens with zero attached hydrogens (tertiary/aromatic N) is 1. The summed E-state index contributed by atoms with van der Waals surface area (Å²) < 4.78 is 37.4. The molecule has 0 fully saturated rings. The number of carboxylic acids is 1. The van der Waals surface area contributed by atoms with Gasteiger partial charge in [-0.3, -0.25) is 0 Å². The van der Waals surface area contributed by atoms with Gasteiger partial charge in [-0.1, -0.05) is 0 Å². The first-order valence-corrected chi connectivity index (χ1v) is 4.22. The van der Waals surface area contributed by atoms with Gasteiger partial charge in [0.25, 0.3) is 0 Å². The molecule has 1 aromatic rings. The zero-order valence-corrected chi connectivity index (χ0v) is 8.99. The Hall–Kier alpha value is -1.99. The number of pyridine rings is 1. The molecule has 0 unspecified atom stereocenters. The number of hydrogen-bond acceptors (Lipinski definition) is 3. The fourth-order valence-corrected chi connectivity index (χ4v) is 0.703. The average molecular weight is 253 g/mol. The summed E-state index contributed by atoms with van der Waals surface area (Å²) in [7, 11) is 1.57. The van der Waals surface area contributed by atoms with E-state index in [4.69, 9.17) is 14.6 Å². The van der Waals surface area contributed by atoms with Crippen LogP contribution >= 0.6 is 0 Å². The lowest BCUT2D eigenvalue weighted by atomic mass is 10.3. The highest BCUT2D eigenvalue weighted by Crippen LogP contribution is 2.13. The zero-order chi connectivity index (χ0) is 13.6. The van der Waals surface area contributed by atoms with Crippen molar-refractivity contribution in [1.29, 1.82) is 0 Å². The van der Waals surface area contributed by atoms with E-state index in [0.29, 0.717) is 11.4 Å². The smallest absolute Gasteiger partial charge is 0.490 e. The number of carbonyl (C=O) groups is 1. The average Bonchev–Trinajstić information content (AvgIpc) is 2.21. The fraction of sp³-hybridized carbons (Fsp3) is 0.333. The summed E-state index contributed by atoms with van der Waals surface area (Å²) >= 11 is 0. The minimum Gasteiger partial charge on any atom is -0.619 e. The largest absolute Gasteiger partial charge is 0.619 e. The lowest BCUT2D eigenvalue weighted by molar-refractivity contribution is -0.612. The number of aliphatic carboxylic acids is 1. The van der Waals surface area contributed by atoms with Crippen LogP contribution in [0.1, 0.15) is 5.69 Å². The van der Waals surface area contributed by atoms with E-state index in [2.05, 4.69) is 0 Å². The predicted octanol–water partition coefficient (Wildman–Crippen LogP) is 1.27. The van der Waals surface area contributed by atoms with Crippen LogP contribution < -0.4 is 9.47 Å². The fourth-order valence-electron chi connectivity index (χ4n) is 0.703. The third-order valence-corrected chi connectivity index (χ3v) is 1.55. The number of carboxylic acid groups (broad SMARTS) is 1. The molecule has 0 saturated heterocycles. The molecule has 0 atom stereocenters. The quantitative estimate of drug-likeness (QED) is 0.604. The van der Waals surface area contributed by atoms with Gasteiger partial charge < -0.3 is 15.1 Å². The Morgan fingerprint density at radius 3 is 2.29 bits per heavy atom. The minimum absolute atomic E-state index is 0.638. The molecule has 0 aliphatic rings. The van der Waals surface area contributed by atoms with Gasteiger partial charge in [0, 0.05) is 19.1 Å². The zero-order valence-electron chi connectivity index (χ0n) is 8.99. The summed E-state index contributed by atoms with van der Waals surface area (Å²) in [5.41, 5.74) is 0.638. The highest BCUT2D eigenvalue weighted by atomic mass is 19.4. The van der Waals surface area contributed by atoms with Gasteiger partial charge in [0.2, 0.25) is 0 Å². The van der Waals surface area contributed by atoms with Crippen LogP contribution in [0.4, 0.5) is 13.2 Å². The van der Waals surface area contributed by atoms with Gasteiger partial charge >= 0.3 is 12.1 Å². The topological polar surface area (TPSA) is 73.5 Å². The SMILES string of the molecule is COc1cc[n+]([O-])c(C)c1.O=C(O)C(F)(F)F. The maximum absolute atomic E-state index is 10.7. The van der Waals surface area contributed by atoms with E-state index < -0.39 is 12.1 Å². The van der Waals surface area contributed by atoms with E-state index in [-0.39, 0.29) is 0 Å². The first-order chi connectivity index (χ1) is 7.68. The Kier molecular flexibility index (Phi) is 5.23. The van der Waals surface area contributed by atoms with Gasteiger partial charge in [-0.15, -0.1) is 0 Å². The number of methoxy groups -OCH3 is 1. The Labute approximate surface area is 94.6 Å². The minimum atomic E-state index is -5.08. The lowest BCUT2D eigenvalue weighted by Gasteiger charge is -2.01. The van der Waals surface area contributed by atoms with Crippen LogP contribution in [0.15, 0.2) is 18.3 Å². The number of alkyl halides is 3. The molecule has 0 aliphatic carbocycles. The van der Waals surface area contributed by atoms with Crippen LogP contribution in [-0.2, 0) is 4.79 Å². The van der Waals surface area contributed by atoms with Crippen LogP contribution in [0, 0.1) is 12.1 Å². The molecule has 0 aliphatic heterocycles. The third-order valence-electron chi connectivity index (χ3n) is 1.55. The van der Waals surface area contributed by atoms with Crippen molar-refractivity contribution in [3.05, 3.63) is 29.2 Å². The number of rotatable bonds is 1. The first kappa shape index (κ1) is 15.0. The van der Waals surface area contributed by atoms with E-state index in [1.165, 1.54) is 6.20 Å². The maximum atomic E-state index is 10.7. The molecule has 5 nitrogen and oxygen atoms in total. The standard InChI is InChI=1S/C7H9NO2.C2HF3O2/c1-6-5-7(10-2)3-4-8(6)9;3-2(4,5)1(6)7/h3-5H,1-2H3;(H,6,7). The molecule has 0 saturated carbocycles. The number of ether oxygens (including phenoxy) is 1. The van der Waals surface area contributed by atoms with Gasteiger partial charge in [-0.2, -0.15) is 17.9 Å². The molecule has 0 spiro atoms. The van der Waals surface area contributed by atoms with Crippen molar-refractivity contribution in [3.8, 4) is 5.75 Å². The first-order valence-electron chi connectivity index (χ1n) is 4.22. The van der Waals surface area contributed by atoms with Crippen LogP contribution in [-0.4, -0.2) is 24.4 Å². The number of halogens is 3. The molecular formula is C9H10F3NO4. The summed E-state index contributed by atoms with van der Waals surface area (Å²) in [5, 5.41) is 17.9. The van der Waals surface area contributed by atoms with Crippen LogP contribution in [0.25, 0.3) is 0 Å². The van der Waals surface area contributed by atoms with Gasteiger partial charge in [0.1, 0.15) is 5.75 Å². The van der Waals surface area contributed by atoms with E-state index in [9.17, 15) is 18.4 Å². The summed E-state index contributed by atoms with van der Waals surface area (Å²) in [6.07, 6.45) is -3.66. The molecule has 1 N–H and O–H groups in total. The highest BCUT2D eigenvalue weighted by molar-refractivity contribution is 5.73. The van der Waals surface area contributed by atoms with Gasteiger partial charge in [-0.25, -0.2) is 4.79 Å². The Balaban J connectivity index is 0.000000325. The maximum Gasteiger partial charge on any atom is 0.490 e. The third kappa shape index (κ3) is 5.59. The highest BCUT2D eigenvalue weighted by Gasteiger charge is 2.38. The van der Waals surface area contributed by atoms with Crippen molar-refractivity contribution in [2.75, 3.05) is 7.11 Å². The lowest BCUT2D eigenvalue weighted by Crippen LogP contribution is -2.28. The van der Waals surface area contributed by atoms with Crippen molar-refractivity contribution in [3.63, 3.8) is 0 Å². The molecule has 0 aromatic carbocycles. The summed E-state index contributed by atoms with van der Waals surface area (Å²) in [4.78, 5) is 8.90. The van der Waals surface area contributed by atoms with Crippen molar-refractivity contribution in [2.45, 2.75) is 13.1 Å². The van der Waals surface area contributed by atoms with Gasteiger partial charge in [0.15, 0.2) is 11.9 Å². The van der Waals surface area contributed by atoms with Crippen molar-refractivity contribution < 1.29 is 32.5 Å². The molecule has 1 rings (SSSR count). The second-order valence-electron chi connectivity index (χ2n) is 2.84. The molecule has 96 valence electrons. The summed E-state index contributed by atoms with van der Waals surface area (Å²) in [6, 6.07) is 3.31. The monoisotopic (exact) mass is 253 g/mol. The Bertz CT molecular complexity index is 392. The second-order valence-corrected chi connectivity index (χ2v) is 2.84. The predicted molar refractivity (Wildman–Crippen MR) is 50.4 cm³/mol. The van der Waals surface area contributed by atoms with Crippen molar-refractivity contribution in [2.24, 2.45) is 0 Å². The summed E-state index contributed by atoms with van der Waals surface area (Å²) in [6.45, 7) is 1.73. The second kappa shape index (κ2) is 5.92. The van der Waals surface area contributed by atoms with Gasteiger partial charge in [-0.05, 0) is 0 Å². The molecule has 0 amide bonds. The van der Waals surface area contributed by atoms with E-state index in [1.54, 1.807) is 26.2 Å². The van der Waals surface area contributed by atoms with Crippen LogP contribution in [0.3, 0.4) is 0 Å². The molecule has 0 radical (unpaired) electrons. The Morgan fingerprint density at radius 2 is 2.00 bits per heavy atom. The molecule has 17 heavy (non-hydrogen) atoms. The van der Waals surface area contributed by atoms with Crippen LogP contribution in [0.5, 0.6) is 5.75 Å². The van der Waals surface area contributed by atoms with Crippen molar-refractivity contribution in [1.82, 2.24) is 0 Å². The van der Waals surface area contributed by atoms with Gasteiger partial charge in [0.05, 0.1) is 7.11 Å². The number of aryl methyl sites for hydroxylation is 1. The van der Waals surface area contributed by atoms with Crippen molar-refractivity contribution >= 4 is 5.97 Å². The van der Waals surface area contributed by atoms with E-state index in [1.807, 2.05) is 0 Å². The van der Waals surface area contributed by atoms with Crippen LogP contribution in [0.2, 0.25) is 0 Å². The molecule has 8 heteroatoms. The van der Waals surface area contributed by atoms with E-state index >= 15 is 0 Å². The number of aromatic nitrogens is 1. The molecule has 1 aromatic heterocycles. The number of hydrogen-bond donors (Lipinski definition) is 1. The molecular weight excluding hydrogens is 243 g/mol. The summed E-state index contributed by atoms with van der Waals surface area (Å²) in [5.74, 6) is -2.04.